The van der Waals surface area contributed by atoms with E-state index in [2.05, 4.69) is 5.32 Å². The Morgan fingerprint density at radius 3 is 2.18 bits per heavy atom. The van der Waals surface area contributed by atoms with E-state index in [4.69, 9.17) is 0 Å². The summed E-state index contributed by atoms with van der Waals surface area (Å²) in [7, 11) is 3.79. The van der Waals surface area contributed by atoms with Crippen LogP contribution < -0.4 is 10.2 Å². The topological polar surface area (TPSA) is 52.7 Å². The summed E-state index contributed by atoms with van der Waals surface area (Å²) in [5.41, 5.74) is 2.84. The predicted molar refractivity (Wildman–Crippen MR) is 127 cm³/mol. The van der Waals surface area contributed by atoms with Gasteiger partial charge in [-0.1, -0.05) is 6.07 Å². The Morgan fingerprint density at radius 2 is 1.58 bits per heavy atom. The molecule has 0 radical (unpaired) electrons. The minimum atomic E-state index is -0.488. The summed E-state index contributed by atoms with van der Waals surface area (Å²) in [5, 5.41) is 2.79. The maximum atomic E-state index is 13.5. The molecule has 3 aromatic carbocycles. The second-order valence-corrected chi connectivity index (χ2v) is 8.24. The number of nitrogens with zero attached hydrogens (tertiary/aromatic N) is 2. The van der Waals surface area contributed by atoms with Gasteiger partial charge in [-0.15, -0.1) is 0 Å². The zero-order chi connectivity index (χ0) is 24.1. The molecule has 0 unspecified atom stereocenters. The van der Waals surface area contributed by atoms with Gasteiger partial charge in [0.2, 0.25) is 0 Å². The normalized spacial score (nSPS) is 10.8. The van der Waals surface area contributed by atoms with E-state index in [1.807, 2.05) is 38.9 Å². The monoisotopic (exact) mass is 451 g/mol. The Bertz CT molecular complexity index is 1140. The molecule has 0 aliphatic heterocycles. The number of carbonyl (C=O) groups is 2. The van der Waals surface area contributed by atoms with E-state index in [-0.39, 0.29) is 24.1 Å². The third-order valence-electron chi connectivity index (χ3n) is 5.22. The lowest BCUT2D eigenvalue weighted by atomic mass is 10.1. The highest BCUT2D eigenvalue weighted by atomic mass is 19.1. The maximum absolute atomic E-state index is 13.5. The summed E-state index contributed by atoms with van der Waals surface area (Å²) in [4.78, 5) is 29.3. The molecule has 1 N–H and O–H groups in total. The molecule has 0 aliphatic rings. The first-order valence-electron chi connectivity index (χ1n) is 10.6. The van der Waals surface area contributed by atoms with Crippen LogP contribution in [0.4, 0.5) is 20.2 Å². The average molecular weight is 452 g/mol. The molecule has 0 bridgehead atoms. The number of amides is 2. The number of nitrogens with one attached hydrogen (secondary N) is 1. The molecule has 0 saturated heterocycles. The first kappa shape index (κ1) is 23.9. The van der Waals surface area contributed by atoms with Crippen molar-refractivity contribution in [2.45, 2.75) is 26.4 Å². The molecule has 3 aromatic rings. The number of hydrogen-bond acceptors (Lipinski definition) is 3. The molecule has 172 valence electrons. The van der Waals surface area contributed by atoms with Crippen LogP contribution in [0.15, 0.2) is 66.7 Å². The molecule has 0 aliphatic carbocycles. The third-order valence-corrected chi connectivity index (χ3v) is 5.22. The van der Waals surface area contributed by atoms with Crippen molar-refractivity contribution in [3.05, 3.63) is 95.1 Å². The number of anilines is 2. The fourth-order valence-corrected chi connectivity index (χ4v) is 3.49. The van der Waals surface area contributed by atoms with Crippen LogP contribution in [0.1, 0.15) is 40.1 Å². The largest absolute Gasteiger partial charge is 0.377 e. The first-order chi connectivity index (χ1) is 15.7. The minimum Gasteiger partial charge on any atom is -0.377 e. The van der Waals surface area contributed by atoms with Crippen molar-refractivity contribution in [2.24, 2.45) is 0 Å². The van der Waals surface area contributed by atoms with E-state index >= 15 is 0 Å². The lowest BCUT2D eigenvalue weighted by molar-refractivity contribution is 0.0690. The van der Waals surface area contributed by atoms with Gasteiger partial charge in [-0.3, -0.25) is 9.59 Å². The zero-order valence-electron chi connectivity index (χ0n) is 19.1. The molecule has 3 rings (SSSR count). The van der Waals surface area contributed by atoms with Crippen molar-refractivity contribution in [1.82, 2.24) is 4.90 Å². The van der Waals surface area contributed by atoms with Crippen LogP contribution in [-0.4, -0.2) is 36.9 Å². The van der Waals surface area contributed by atoms with Crippen LogP contribution in [0, 0.1) is 11.6 Å². The molecule has 0 aromatic heterocycles. The van der Waals surface area contributed by atoms with Crippen molar-refractivity contribution in [1.29, 1.82) is 0 Å². The summed E-state index contributed by atoms with van der Waals surface area (Å²) in [6.07, 6.45) is 0. The van der Waals surface area contributed by atoms with E-state index < -0.39 is 17.5 Å². The predicted octanol–water partition coefficient (Wildman–Crippen LogP) is 5.33. The summed E-state index contributed by atoms with van der Waals surface area (Å²) >= 11 is 0. The Morgan fingerprint density at radius 1 is 0.879 bits per heavy atom. The molecular formula is C26H27F2N3O2. The van der Waals surface area contributed by atoms with Gasteiger partial charge in [0.25, 0.3) is 11.8 Å². The molecule has 0 spiro atoms. The summed E-state index contributed by atoms with van der Waals surface area (Å²) in [5.74, 6) is -1.54. The molecule has 0 heterocycles. The van der Waals surface area contributed by atoms with Crippen LogP contribution in [-0.2, 0) is 6.54 Å². The van der Waals surface area contributed by atoms with Gasteiger partial charge in [-0.05, 0) is 80.1 Å². The van der Waals surface area contributed by atoms with Crippen LogP contribution in [0.25, 0.3) is 0 Å². The number of benzene rings is 3. The summed E-state index contributed by atoms with van der Waals surface area (Å²) in [6, 6.07) is 16.2. The molecular weight excluding hydrogens is 424 g/mol. The summed E-state index contributed by atoms with van der Waals surface area (Å²) in [6.45, 7) is 4.10. The SMILES string of the molecule is CC(C)N(Cc1cc(NC(=O)c2cccc(F)c2)ccc1N(C)C)C(=O)c1ccc(F)cc1. The minimum absolute atomic E-state index is 0.122. The molecule has 2 amide bonds. The maximum Gasteiger partial charge on any atom is 0.255 e. The first-order valence-corrected chi connectivity index (χ1v) is 10.6. The summed E-state index contributed by atoms with van der Waals surface area (Å²) < 4.78 is 26.8. The fourth-order valence-electron chi connectivity index (χ4n) is 3.49. The van der Waals surface area contributed by atoms with Gasteiger partial charge >= 0.3 is 0 Å². The fraction of sp³-hybridized carbons (Fsp3) is 0.231. The molecule has 7 heteroatoms. The highest BCUT2D eigenvalue weighted by Gasteiger charge is 2.21. The Labute approximate surface area is 192 Å². The van der Waals surface area contributed by atoms with Gasteiger partial charge in [-0.2, -0.15) is 0 Å². The second-order valence-electron chi connectivity index (χ2n) is 8.24. The van der Waals surface area contributed by atoms with Gasteiger partial charge in [0.15, 0.2) is 0 Å². The lowest BCUT2D eigenvalue weighted by Crippen LogP contribution is -2.36. The van der Waals surface area contributed by atoms with E-state index in [0.717, 1.165) is 11.3 Å². The van der Waals surface area contributed by atoms with E-state index in [1.165, 1.54) is 48.5 Å². The van der Waals surface area contributed by atoms with Crippen LogP contribution >= 0.6 is 0 Å². The number of carbonyl (C=O) groups excluding carboxylic acids is 2. The highest BCUT2D eigenvalue weighted by Crippen LogP contribution is 2.26. The zero-order valence-corrected chi connectivity index (χ0v) is 19.1. The number of halogens is 2. The Balaban J connectivity index is 1.89. The quantitative estimate of drug-likeness (QED) is 0.528. The van der Waals surface area contributed by atoms with E-state index in [9.17, 15) is 18.4 Å². The second kappa shape index (κ2) is 10.3. The van der Waals surface area contributed by atoms with E-state index in [1.54, 1.807) is 17.0 Å². The van der Waals surface area contributed by atoms with Gasteiger partial charge < -0.3 is 15.1 Å². The van der Waals surface area contributed by atoms with Crippen LogP contribution in [0.3, 0.4) is 0 Å². The van der Waals surface area contributed by atoms with Crippen molar-refractivity contribution in [3.63, 3.8) is 0 Å². The standard InChI is InChI=1S/C26H27F2N3O2/c1-17(2)31(26(33)18-8-10-21(27)11-9-18)16-20-15-23(12-13-24(20)30(3)4)29-25(32)19-6-5-7-22(28)14-19/h5-15,17H,16H2,1-4H3,(H,29,32). The smallest absolute Gasteiger partial charge is 0.255 e. The number of rotatable bonds is 7. The van der Waals surface area contributed by atoms with E-state index in [0.29, 0.717) is 11.3 Å². The van der Waals surface area contributed by atoms with Crippen molar-refractivity contribution >= 4 is 23.2 Å². The van der Waals surface area contributed by atoms with Gasteiger partial charge in [-0.25, -0.2) is 8.78 Å². The van der Waals surface area contributed by atoms with Gasteiger partial charge in [0, 0.05) is 49.2 Å². The Hall–Kier alpha value is -3.74. The van der Waals surface area contributed by atoms with Crippen molar-refractivity contribution < 1.29 is 18.4 Å². The molecule has 0 atom stereocenters. The molecule has 5 nitrogen and oxygen atoms in total. The molecule has 33 heavy (non-hydrogen) atoms. The van der Waals surface area contributed by atoms with Crippen molar-refractivity contribution in [2.75, 3.05) is 24.3 Å². The molecule has 0 fully saturated rings. The van der Waals surface area contributed by atoms with Crippen LogP contribution in [0.5, 0.6) is 0 Å². The third kappa shape index (κ3) is 5.94. The van der Waals surface area contributed by atoms with Crippen LogP contribution in [0.2, 0.25) is 0 Å². The highest BCUT2D eigenvalue weighted by molar-refractivity contribution is 6.04. The van der Waals surface area contributed by atoms with Gasteiger partial charge in [0.05, 0.1) is 0 Å². The molecule has 0 saturated carbocycles. The van der Waals surface area contributed by atoms with Gasteiger partial charge in [0.1, 0.15) is 11.6 Å². The Kier molecular flexibility index (Phi) is 7.43. The average Bonchev–Trinajstić information content (AvgIpc) is 2.77. The number of hydrogen-bond donors (Lipinski definition) is 1. The van der Waals surface area contributed by atoms with Crippen molar-refractivity contribution in [3.8, 4) is 0 Å². The lowest BCUT2D eigenvalue weighted by Gasteiger charge is -2.29.